The predicted octanol–water partition coefficient (Wildman–Crippen LogP) is 2.18. The summed E-state index contributed by atoms with van der Waals surface area (Å²) in [6.45, 7) is 3.99. The monoisotopic (exact) mass is 127 g/mol. The first-order valence-electron chi connectivity index (χ1n) is 3.33. The minimum absolute atomic E-state index is 0.384. The minimum atomic E-state index is 0.384. The molecule has 0 heterocycles. The van der Waals surface area contributed by atoms with E-state index in [9.17, 15) is 0 Å². The van der Waals surface area contributed by atoms with Crippen LogP contribution in [0.1, 0.15) is 26.7 Å². The Bertz CT molecular complexity index is 76.6. The Kier molecular flexibility index (Phi) is 5.64. The van der Waals surface area contributed by atoms with Crippen molar-refractivity contribution in [2.45, 2.75) is 32.8 Å². The second kappa shape index (κ2) is 5.83. The van der Waals surface area contributed by atoms with E-state index in [1.54, 1.807) is 7.11 Å². The lowest BCUT2D eigenvalue weighted by molar-refractivity contribution is 0.112. The Labute approximate surface area is 57.7 Å². The fraction of sp³-hybridized carbons (Fsp3) is 0.750. The van der Waals surface area contributed by atoms with Crippen molar-refractivity contribution >= 4 is 0 Å². The molecule has 0 rings (SSSR count). The molecule has 0 aromatic carbocycles. The number of ether oxygens (including phenoxy) is 1. The van der Waals surface area contributed by atoms with Gasteiger partial charge in [-0.2, -0.15) is 0 Å². The molecule has 0 amide bonds. The van der Waals surface area contributed by atoms with Crippen LogP contribution < -0.4 is 0 Å². The lowest BCUT2D eigenvalue weighted by Gasteiger charge is -2.05. The van der Waals surface area contributed by atoms with Gasteiger partial charge in [-0.1, -0.05) is 12.2 Å². The average molecular weight is 127 g/mol. The van der Waals surface area contributed by atoms with Crippen LogP contribution in [0.3, 0.4) is 0 Å². The van der Waals surface area contributed by atoms with Gasteiger partial charge in [-0.15, -0.1) is 0 Å². The van der Waals surface area contributed by atoms with Crippen molar-refractivity contribution < 1.29 is 4.74 Å². The first-order chi connectivity index (χ1) is 4.31. The van der Waals surface area contributed by atoms with E-state index in [-0.39, 0.29) is 0 Å². The van der Waals surface area contributed by atoms with Gasteiger partial charge in [0.25, 0.3) is 0 Å². The molecule has 1 atom stereocenters. The molecule has 0 bridgehead atoms. The van der Waals surface area contributed by atoms with E-state index in [0.29, 0.717) is 6.10 Å². The largest absolute Gasteiger partial charge is 0.382 e. The molecule has 9 heavy (non-hydrogen) atoms. The van der Waals surface area contributed by atoms with E-state index in [1.807, 2.05) is 13.0 Å². The normalized spacial score (nSPS) is 14.6. The molecule has 0 spiro atoms. The summed E-state index contributed by atoms with van der Waals surface area (Å²) in [6, 6.07) is 0. The van der Waals surface area contributed by atoms with E-state index in [1.165, 1.54) is 0 Å². The quantitative estimate of drug-likeness (QED) is 0.562. The first-order valence-corrected chi connectivity index (χ1v) is 3.33. The maximum atomic E-state index is 5.05. The molecule has 1 unspecified atom stereocenters. The molecule has 1 nitrogen and oxygen atoms in total. The molecule has 0 saturated carbocycles. The van der Waals surface area contributed by atoms with Crippen LogP contribution in [-0.4, -0.2) is 13.2 Å². The zero-order chi connectivity index (χ0) is 7.11. The molecule has 0 N–H and O–H groups in total. The van der Waals surface area contributed by atoms with Gasteiger partial charge in [-0.05, 0) is 26.7 Å². The van der Waals surface area contributed by atoms with Gasteiger partial charge in [0.1, 0.15) is 0 Å². The van der Waals surface area contributed by atoms with Crippen LogP contribution in [0.2, 0.25) is 0 Å². The van der Waals surface area contributed by atoms with Crippen LogP contribution in [-0.2, 0) is 4.74 Å². The second-order valence-corrected chi connectivity index (χ2v) is 2.12. The second-order valence-electron chi connectivity index (χ2n) is 2.12. The third kappa shape index (κ3) is 5.57. The maximum absolute atomic E-state index is 5.05. The number of allylic oxidation sites excluding steroid dienone is 2. The zero-order valence-corrected chi connectivity index (χ0v) is 6.48. The highest BCUT2D eigenvalue weighted by Gasteiger charge is 1.94. The summed E-state index contributed by atoms with van der Waals surface area (Å²) in [6.07, 6.45) is 7.56. The molecule has 53 valence electrons. The highest BCUT2D eigenvalue weighted by Crippen LogP contribution is 1.99. The Morgan fingerprint density at radius 1 is 1.67 bits per heavy atom. The van der Waals surface area contributed by atoms with Crippen molar-refractivity contribution in [3.8, 4) is 0 Å². The Morgan fingerprint density at radius 2 is 2.33 bits per heavy atom. The molecule has 0 aliphatic carbocycles. The number of rotatable bonds is 4. The van der Waals surface area contributed by atoms with Crippen molar-refractivity contribution in [2.24, 2.45) is 0 Å². The van der Waals surface area contributed by atoms with Gasteiger partial charge in [0.05, 0.1) is 6.10 Å². The molecular formula is C8H15O. The molecule has 1 heteroatoms. The Hall–Kier alpha value is -0.300. The van der Waals surface area contributed by atoms with E-state index < -0.39 is 0 Å². The van der Waals surface area contributed by atoms with Gasteiger partial charge in [-0.3, -0.25) is 0 Å². The molecule has 1 radical (unpaired) electrons. The number of hydrogen-bond donors (Lipinski definition) is 0. The molecule has 0 aliphatic heterocycles. The van der Waals surface area contributed by atoms with Crippen molar-refractivity contribution in [1.82, 2.24) is 0 Å². The van der Waals surface area contributed by atoms with E-state index >= 15 is 0 Å². The summed E-state index contributed by atoms with van der Waals surface area (Å²) < 4.78 is 5.05. The number of methoxy groups -OCH3 is 1. The van der Waals surface area contributed by atoms with E-state index in [2.05, 4.69) is 13.0 Å². The Morgan fingerprint density at radius 3 is 2.78 bits per heavy atom. The highest BCUT2D eigenvalue weighted by atomic mass is 16.5. The Balaban J connectivity index is 3.06. The highest BCUT2D eigenvalue weighted by molar-refractivity contribution is 4.70. The van der Waals surface area contributed by atoms with Gasteiger partial charge in [-0.25, -0.2) is 0 Å². The topological polar surface area (TPSA) is 9.23 Å². The molecule has 0 aromatic rings. The van der Waals surface area contributed by atoms with Crippen molar-refractivity contribution in [2.75, 3.05) is 7.11 Å². The first kappa shape index (κ1) is 8.70. The van der Waals surface area contributed by atoms with Crippen LogP contribution in [0.5, 0.6) is 0 Å². The molecule has 0 aliphatic rings. The van der Waals surface area contributed by atoms with Crippen molar-refractivity contribution in [3.05, 3.63) is 12.2 Å². The van der Waals surface area contributed by atoms with Crippen LogP contribution >= 0.6 is 0 Å². The van der Waals surface area contributed by atoms with Crippen molar-refractivity contribution in [3.63, 3.8) is 0 Å². The molecule has 0 aromatic heterocycles. The standard InChI is InChI=1S/C8H15O/c1-4-5-6-7-8(2)9-3/h5,8H,6-7H2,1-3H3. The van der Waals surface area contributed by atoms with Gasteiger partial charge in [0.15, 0.2) is 0 Å². The summed E-state index contributed by atoms with van der Waals surface area (Å²) in [7, 11) is 1.74. The summed E-state index contributed by atoms with van der Waals surface area (Å²) in [5.41, 5.74) is 0. The summed E-state index contributed by atoms with van der Waals surface area (Å²) in [4.78, 5) is 0. The van der Waals surface area contributed by atoms with Crippen LogP contribution in [0.4, 0.5) is 0 Å². The smallest absolute Gasteiger partial charge is 0.0546 e. The SMILES string of the molecule is C/[C]=C/CCC(C)OC. The summed E-state index contributed by atoms with van der Waals surface area (Å²) in [5, 5.41) is 0. The third-order valence-electron chi connectivity index (χ3n) is 1.32. The van der Waals surface area contributed by atoms with Crippen LogP contribution in [0, 0.1) is 6.08 Å². The fourth-order valence-corrected chi connectivity index (χ4v) is 0.580. The molecule has 0 fully saturated rings. The van der Waals surface area contributed by atoms with Gasteiger partial charge < -0.3 is 4.74 Å². The lowest BCUT2D eigenvalue weighted by Crippen LogP contribution is -2.02. The van der Waals surface area contributed by atoms with Crippen LogP contribution in [0.25, 0.3) is 0 Å². The zero-order valence-electron chi connectivity index (χ0n) is 6.48. The van der Waals surface area contributed by atoms with Gasteiger partial charge >= 0.3 is 0 Å². The third-order valence-corrected chi connectivity index (χ3v) is 1.32. The minimum Gasteiger partial charge on any atom is -0.382 e. The maximum Gasteiger partial charge on any atom is 0.0546 e. The lowest BCUT2D eigenvalue weighted by atomic mass is 10.2. The molecule has 0 saturated heterocycles. The van der Waals surface area contributed by atoms with Crippen molar-refractivity contribution in [1.29, 1.82) is 0 Å². The fourth-order valence-electron chi connectivity index (χ4n) is 0.580. The van der Waals surface area contributed by atoms with E-state index in [0.717, 1.165) is 12.8 Å². The predicted molar refractivity (Wildman–Crippen MR) is 39.2 cm³/mol. The molecular weight excluding hydrogens is 112 g/mol. The number of hydrogen-bond acceptors (Lipinski definition) is 1. The van der Waals surface area contributed by atoms with Crippen LogP contribution in [0.15, 0.2) is 6.08 Å². The van der Waals surface area contributed by atoms with Gasteiger partial charge in [0, 0.05) is 7.11 Å². The van der Waals surface area contributed by atoms with E-state index in [4.69, 9.17) is 4.74 Å². The average Bonchev–Trinajstić information content (AvgIpc) is 1.89. The summed E-state index contributed by atoms with van der Waals surface area (Å²) in [5.74, 6) is 0. The van der Waals surface area contributed by atoms with Gasteiger partial charge in [0.2, 0.25) is 0 Å². The summed E-state index contributed by atoms with van der Waals surface area (Å²) >= 11 is 0.